The third-order valence-corrected chi connectivity index (χ3v) is 4.32. The monoisotopic (exact) mass is 310 g/mol. The van der Waals surface area contributed by atoms with Crippen LogP contribution in [0.3, 0.4) is 0 Å². The van der Waals surface area contributed by atoms with Crippen LogP contribution in [0.5, 0.6) is 0 Å². The topological polar surface area (TPSA) is 41.9 Å². The maximum atomic E-state index is 6.04. The number of thiazole rings is 1. The fourth-order valence-electron chi connectivity index (χ4n) is 1.90. The molecule has 108 valence electrons. The molecule has 2 rings (SSSR count). The van der Waals surface area contributed by atoms with E-state index < -0.39 is 0 Å². The summed E-state index contributed by atoms with van der Waals surface area (Å²) in [4.78, 5) is 16.7. The van der Waals surface area contributed by atoms with Gasteiger partial charge in [-0.25, -0.2) is 15.0 Å². The van der Waals surface area contributed by atoms with E-state index in [0.29, 0.717) is 11.8 Å². The molecule has 2 aromatic heterocycles. The van der Waals surface area contributed by atoms with Gasteiger partial charge in [0.2, 0.25) is 0 Å². The highest BCUT2D eigenvalue weighted by Crippen LogP contribution is 2.24. The minimum Gasteiger partial charge on any atom is -0.367 e. The van der Waals surface area contributed by atoms with Gasteiger partial charge in [-0.2, -0.15) is 0 Å². The predicted molar refractivity (Wildman–Crippen MR) is 84.6 cm³/mol. The molecular formula is C14H19ClN4S. The second-order valence-corrected chi connectivity index (χ2v) is 6.27. The van der Waals surface area contributed by atoms with Gasteiger partial charge in [-0.15, -0.1) is 22.9 Å². The van der Waals surface area contributed by atoms with Crippen molar-refractivity contribution in [2.24, 2.45) is 0 Å². The summed E-state index contributed by atoms with van der Waals surface area (Å²) in [6.45, 7) is 6.99. The number of hydrogen-bond donors (Lipinski definition) is 0. The van der Waals surface area contributed by atoms with Crippen LogP contribution < -0.4 is 4.90 Å². The van der Waals surface area contributed by atoms with Crippen molar-refractivity contribution >= 4 is 28.6 Å². The highest BCUT2D eigenvalue weighted by atomic mass is 35.5. The number of anilines is 1. The van der Waals surface area contributed by atoms with Crippen LogP contribution in [0.4, 0.5) is 5.69 Å². The van der Waals surface area contributed by atoms with Crippen LogP contribution in [0.1, 0.15) is 41.9 Å². The molecule has 6 heteroatoms. The van der Waals surface area contributed by atoms with E-state index in [0.717, 1.165) is 29.4 Å². The highest BCUT2D eigenvalue weighted by Gasteiger charge is 2.14. The van der Waals surface area contributed by atoms with E-state index in [9.17, 15) is 0 Å². The van der Waals surface area contributed by atoms with E-state index in [1.165, 1.54) is 4.88 Å². The summed E-state index contributed by atoms with van der Waals surface area (Å²) in [6, 6.07) is 0. The second-order valence-electron chi connectivity index (χ2n) is 5.07. The first-order valence-corrected chi connectivity index (χ1v) is 7.96. The number of rotatable bonds is 5. The molecule has 0 fully saturated rings. The minimum atomic E-state index is 0.306. The highest BCUT2D eigenvalue weighted by molar-refractivity contribution is 7.09. The third kappa shape index (κ3) is 3.27. The number of halogens is 1. The number of alkyl halides is 1. The Morgan fingerprint density at radius 2 is 2.10 bits per heavy atom. The van der Waals surface area contributed by atoms with Crippen molar-refractivity contribution in [1.29, 1.82) is 0 Å². The van der Waals surface area contributed by atoms with Crippen LogP contribution in [0.15, 0.2) is 11.7 Å². The zero-order chi connectivity index (χ0) is 14.7. The quantitative estimate of drug-likeness (QED) is 0.789. The van der Waals surface area contributed by atoms with Gasteiger partial charge in [0.15, 0.2) is 0 Å². The number of aromatic nitrogens is 3. The Hall–Kier alpha value is -1.20. The zero-order valence-electron chi connectivity index (χ0n) is 12.2. The largest absolute Gasteiger partial charge is 0.367 e. The Labute approximate surface area is 128 Å². The van der Waals surface area contributed by atoms with Crippen molar-refractivity contribution in [3.05, 3.63) is 33.8 Å². The minimum absolute atomic E-state index is 0.306. The summed E-state index contributed by atoms with van der Waals surface area (Å²) >= 11 is 7.71. The molecule has 0 radical (unpaired) electrons. The number of aryl methyl sites for hydroxylation is 1. The lowest BCUT2D eigenvalue weighted by atomic mass is 10.2. The normalized spacial score (nSPS) is 11.1. The van der Waals surface area contributed by atoms with Gasteiger partial charge in [0.25, 0.3) is 0 Å². The van der Waals surface area contributed by atoms with Gasteiger partial charge in [0.05, 0.1) is 41.2 Å². The first-order valence-electron chi connectivity index (χ1n) is 6.54. The van der Waals surface area contributed by atoms with Crippen molar-refractivity contribution in [2.75, 3.05) is 11.9 Å². The Kier molecular flexibility index (Phi) is 4.94. The van der Waals surface area contributed by atoms with Crippen LogP contribution >= 0.6 is 22.9 Å². The van der Waals surface area contributed by atoms with Crippen LogP contribution in [-0.4, -0.2) is 22.0 Å². The van der Waals surface area contributed by atoms with Crippen molar-refractivity contribution in [3.63, 3.8) is 0 Å². The van der Waals surface area contributed by atoms with E-state index in [1.807, 2.05) is 25.7 Å². The summed E-state index contributed by atoms with van der Waals surface area (Å²) in [5.41, 5.74) is 4.82. The molecule has 0 spiro atoms. The fraction of sp³-hybridized carbons (Fsp3) is 0.500. The van der Waals surface area contributed by atoms with E-state index >= 15 is 0 Å². The summed E-state index contributed by atoms with van der Waals surface area (Å²) in [7, 11) is 2.03. The van der Waals surface area contributed by atoms with Gasteiger partial charge in [-0.3, -0.25) is 0 Å². The molecule has 0 aliphatic carbocycles. The Morgan fingerprint density at radius 1 is 1.35 bits per heavy atom. The van der Waals surface area contributed by atoms with Crippen LogP contribution in [0, 0.1) is 6.92 Å². The molecule has 0 N–H and O–H groups in total. The molecule has 0 aromatic carbocycles. The Balaban J connectivity index is 2.25. The standard InChI is InChI=1S/C14H19ClN4S/c1-9(2)14-16-6-12(11(5-15)18-14)19(4)7-13-10(3)17-8-20-13/h6,8-9H,5,7H2,1-4H3. The average Bonchev–Trinajstić information content (AvgIpc) is 2.83. The smallest absolute Gasteiger partial charge is 0.131 e. The third-order valence-electron chi connectivity index (χ3n) is 3.14. The molecule has 2 aromatic rings. The van der Waals surface area contributed by atoms with Crippen LogP contribution in [0.2, 0.25) is 0 Å². The Bertz CT molecular complexity index is 582. The van der Waals surface area contributed by atoms with E-state index in [2.05, 4.69) is 33.7 Å². The lowest BCUT2D eigenvalue weighted by Gasteiger charge is -2.21. The lowest BCUT2D eigenvalue weighted by Crippen LogP contribution is -2.19. The molecule has 2 heterocycles. The van der Waals surface area contributed by atoms with E-state index in [4.69, 9.17) is 11.6 Å². The summed E-state index contributed by atoms with van der Waals surface area (Å²) in [5.74, 6) is 1.54. The second kappa shape index (κ2) is 6.50. The lowest BCUT2D eigenvalue weighted by molar-refractivity contribution is 0.758. The van der Waals surface area contributed by atoms with Gasteiger partial charge in [0.1, 0.15) is 5.82 Å². The molecule has 0 saturated heterocycles. The van der Waals surface area contributed by atoms with Gasteiger partial charge in [-0.1, -0.05) is 13.8 Å². The maximum Gasteiger partial charge on any atom is 0.131 e. The van der Waals surface area contributed by atoms with Crippen LogP contribution in [0.25, 0.3) is 0 Å². The average molecular weight is 311 g/mol. The zero-order valence-corrected chi connectivity index (χ0v) is 13.8. The molecular weight excluding hydrogens is 292 g/mol. The predicted octanol–water partition coefficient (Wildman–Crippen LogP) is 3.74. The molecule has 4 nitrogen and oxygen atoms in total. The summed E-state index contributed by atoms with van der Waals surface area (Å²) in [5, 5.41) is 0. The van der Waals surface area contributed by atoms with Gasteiger partial charge < -0.3 is 4.90 Å². The van der Waals surface area contributed by atoms with E-state index in [1.54, 1.807) is 11.3 Å². The van der Waals surface area contributed by atoms with Crippen LogP contribution in [-0.2, 0) is 12.4 Å². The summed E-state index contributed by atoms with van der Waals surface area (Å²) in [6.07, 6.45) is 1.87. The Morgan fingerprint density at radius 3 is 2.65 bits per heavy atom. The van der Waals surface area contributed by atoms with Gasteiger partial charge in [0, 0.05) is 17.8 Å². The fourth-order valence-corrected chi connectivity index (χ4v) is 2.93. The first kappa shape index (κ1) is 15.2. The first-order chi connectivity index (χ1) is 9.52. The molecule has 0 bridgehead atoms. The van der Waals surface area contributed by atoms with Gasteiger partial charge in [-0.05, 0) is 6.92 Å². The van der Waals surface area contributed by atoms with Crippen molar-refractivity contribution in [1.82, 2.24) is 15.0 Å². The van der Waals surface area contributed by atoms with Gasteiger partial charge >= 0.3 is 0 Å². The molecule has 20 heavy (non-hydrogen) atoms. The van der Waals surface area contributed by atoms with Crippen molar-refractivity contribution in [2.45, 2.75) is 39.1 Å². The molecule has 0 amide bonds. The molecule has 0 unspecified atom stereocenters. The number of nitrogens with zero attached hydrogens (tertiary/aromatic N) is 4. The van der Waals surface area contributed by atoms with Crippen molar-refractivity contribution in [3.8, 4) is 0 Å². The van der Waals surface area contributed by atoms with Crippen molar-refractivity contribution < 1.29 is 0 Å². The molecule has 0 aliphatic rings. The summed E-state index contributed by atoms with van der Waals surface area (Å²) < 4.78 is 0. The molecule has 0 atom stereocenters. The van der Waals surface area contributed by atoms with E-state index in [-0.39, 0.29) is 0 Å². The number of hydrogen-bond acceptors (Lipinski definition) is 5. The SMILES string of the molecule is Cc1ncsc1CN(C)c1cnc(C(C)C)nc1CCl. The maximum absolute atomic E-state index is 6.04. The molecule has 0 aliphatic heterocycles. The molecule has 0 saturated carbocycles.